The number of benzene rings is 1. The van der Waals surface area contributed by atoms with Crippen LogP contribution in [0.3, 0.4) is 0 Å². The van der Waals surface area contributed by atoms with Crippen LogP contribution in [-0.4, -0.2) is 30.5 Å². The van der Waals surface area contributed by atoms with Crippen molar-refractivity contribution in [2.75, 3.05) is 12.5 Å². The monoisotopic (exact) mass is 314 g/mol. The number of rotatable bonds is 5. The molecule has 1 aliphatic heterocycles. The number of hydrogen-bond donors (Lipinski definition) is 0. The standard InChI is InChI=1S/C14H12Cl2O4/c15-5-4-13(17)19-8-11-7-12(14(18)20-11)9-2-1-3-10(16)6-9/h1-3,6-7,11H,4-5,8H2. The molecule has 0 spiro atoms. The number of esters is 2. The Balaban J connectivity index is 2.02. The minimum absolute atomic E-state index is 0.00840. The first-order chi connectivity index (χ1) is 9.60. The van der Waals surface area contributed by atoms with Crippen LogP contribution in [-0.2, 0) is 19.1 Å². The SMILES string of the molecule is O=C(CCCl)OCC1C=C(c2cccc(Cl)c2)C(=O)O1. The fourth-order valence-corrected chi connectivity index (χ4v) is 2.11. The molecule has 1 aromatic rings. The molecule has 0 amide bonds. The largest absolute Gasteiger partial charge is 0.461 e. The van der Waals surface area contributed by atoms with Gasteiger partial charge in [-0.05, 0) is 23.8 Å². The van der Waals surface area contributed by atoms with E-state index in [9.17, 15) is 9.59 Å². The Labute approximate surface area is 126 Å². The highest BCUT2D eigenvalue weighted by Crippen LogP contribution is 2.26. The Bertz CT molecular complexity index is 554. The third-order valence-electron chi connectivity index (χ3n) is 2.67. The third-order valence-corrected chi connectivity index (χ3v) is 3.10. The van der Waals surface area contributed by atoms with Crippen molar-refractivity contribution in [1.82, 2.24) is 0 Å². The zero-order chi connectivity index (χ0) is 14.5. The first kappa shape index (κ1) is 14.9. The van der Waals surface area contributed by atoms with E-state index in [-0.39, 0.29) is 18.9 Å². The normalized spacial score (nSPS) is 17.6. The Morgan fingerprint density at radius 3 is 2.90 bits per heavy atom. The molecule has 0 bridgehead atoms. The van der Waals surface area contributed by atoms with Crippen LogP contribution in [0.25, 0.3) is 5.57 Å². The average Bonchev–Trinajstić information content (AvgIpc) is 2.78. The van der Waals surface area contributed by atoms with Gasteiger partial charge in [-0.25, -0.2) is 4.79 Å². The van der Waals surface area contributed by atoms with Crippen molar-refractivity contribution in [3.63, 3.8) is 0 Å². The van der Waals surface area contributed by atoms with Crippen molar-refractivity contribution >= 4 is 40.7 Å². The second kappa shape index (κ2) is 6.77. The molecule has 1 aliphatic rings. The van der Waals surface area contributed by atoms with E-state index >= 15 is 0 Å². The molecule has 0 saturated heterocycles. The molecule has 1 aromatic carbocycles. The molecular weight excluding hydrogens is 303 g/mol. The lowest BCUT2D eigenvalue weighted by Crippen LogP contribution is -2.18. The van der Waals surface area contributed by atoms with Crippen molar-refractivity contribution in [2.24, 2.45) is 0 Å². The van der Waals surface area contributed by atoms with Gasteiger partial charge in [0.2, 0.25) is 0 Å². The molecular formula is C14H12Cl2O4. The number of carbonyl (C=O) groups excluding carboxylic acids is 2. The summed E-state index contributed by atoms with van der Waals surface area (Å²) in [5.74, 6) is -0.668. The number of alkyl halides is 1. The number of hydrogen-bond acceptors (Lipinski definition) is 4. The third kappa shape index (κ3) is 3.74. The van der Waals surface area contributed by atoms with E-state index in [0.717, 1.165) is 0 Å². The molecule has 4 nitrogen and oxygen atoms in total. The molecule has 0 aromatic heterocycles. The van der Waals surface area contributed by atoms with Crippen LogP contribution in [0.5, 0.6) is 0 Å². The van der Waals surface area contributed by atoms with E-state index in [2.05, 4.69) is 0 Å². The topological polar surface area (TPSA) is 52.6 Å². The maximum atomic E-state index is 11.8. The van der Waals surface area contributed by atoms with Gasteiger partial charge in [-0.3, -0.25) is 4.79 Å². The van der Waals surface area contributed by atoms with Gasteiger partial charge in [0.25, 0.3) is 0 Å². The van der Waals surface area contributed by atoms with Crippen LogP contribution in [0.2, 0.25) is 5.02 Å². The van der Waals surface area contributed by atoms with E-state index in [4.69, 9.17) is 32.7 Å². The van der Waals surface area contributed by atoms with Crippen LogP contribution < -0.4 is 0 Å². The van der Waals surface area contributed by atoms with Crippen molar-refractivity contribution < 1.29 is 19.1 Å². The Kier molecular flexibility index (Phi) is 5.04. The van der Waals surface area contributed by atoms with Crippen LogP contribution in [0.15, 0.2) is 30.3 Å². The van der Waals surface area contributed by atoms with Gasteiger partial charge in [0.15, 0.2) is 6.10 Å². The molecule has 1 unspecified atom stereocenters. The van der Waals surface area contributed by atoms with E-state index in [1.807, 2.05) is 0 Å². The van der Waals surface area contributed by atoms with Crippen molar-refractivity contribution in [3.05, 3.63) is 40.9 Å². The predicted molar refractivity (Wildman–Crippen MR) is 75.6 cm³/mol. The molecule has 6 heteroatoms. The van der Waals surface area contributed by atoms with Gasteiger partial charge < -0.3 is 9.47 Å². The van der Waals surface area contributed by atoms with Crippen LogP contribution in [0, 0.1) is 0 Å². The van der Waals surface area contributed by atoms with Gasteiger partial charge >= 0.3 is 11.9 Å². The van der Waals surface area contributed by atoms with E-state index in [1.54, 1.807) is 30.3 Å². The highest BCUT2D eigenvalue weighted by molar-refractivity contribution is 6.31. The summed E-state index contributed by atoms with van der Waals surface area (Å²) in [4.78, 5) is 23.0. The van der Waals surface area contributed by atoms with Gasteiger partial charge in [0, 0.05) is 10.9 Å². The first-order valence-electron chi connectivity index (χ1n) is 6.00. The zero-order valence-electron chi connectivity index (χ0n) is 10.5. The number of cyclic esters (lactones) is 1. The van der Waals surface area contributed by atoms with Gasteiger partial charge in [-0.2, -0.15) is 0 Å². The lowest BCUT2D eigenvalue weighted by atomic mass is 10.1. The smallest absolute Gasteiger partial charge is 0.339 e. The number of ether oxygens (including phenoxy) is 2. The maximum absolute atomic E-state index is 11.8. The second-order valence-electron chi connectivity index (χ2n) is 4.16. The van der Waals surface area contributed by atoms with Crippen LogP contribution in [0.1, 0.15) is 12.0 Å². The highest BCUT2D eigenvalue weighted by atomic mass is 35.5. The van der Waals surface area contributed by atoms with Crippen LogP contribution in [0.4, 0.5) is 0 Å². The molecule has 20 heavy (non-hydrogen) atoms. The van der Waals surface area contributed by atoms with Gasteiger partial charge in [0.05, 0.1) is 12.0 Å². The fraction of sp³-hybridized carbons (Fsp3) is 0.286. The van der Waals surface area contributed by atoms with Gasteiger partial charge in [0.1, 0.15) is 6.61 Å². The van der Waals surface area contributed by atoms with E-state index in [1.165, 1.54) is 0 Å². The van der Waals surface area contributed by atoms with Crippen LogP contribution >= 0.6 is 23.2 Å². The zero-order valence-corrected chi connectivity index (χ0v) is 12.0. The summed E-state index contributed by atoms with van der Waals surface area (Å²) in [5, 5.41) is 0.535. The van der Waals surface area contributed by atoms with E-state index in [0.29, 0.717) is 16.2 Å². The molecule has 1 atom stereocenters. The Morgan fingerprint density at radius 1 is 1.40 bits per heavy atom. The first-order valence-corrected chi connectivity index (χ1v) is 6.91. The summed E-state index contributed by atoms with van der Waals surface area (Å²) in [6.07, 6.45) is 1.19. The summed E-state index contributed by atoms with van der Waals surface area (Å²) in [5.41, 5.74) is 1.10. The molecule has 2 rings (SSSR count). The molecule has 0 N–H and O–H groups in total. The molecule has 0 fully saturated rings. The summed E-state index contributed by atoms with van der Waals surface area (Å²) in [6, 6.07) is 6.91. The minimum atomic E-state index is -0.573. The molecule has 0 saturated carbocycles. The molecule has 106 valence electrons. The lowest BCUT2D eigenvalue weighted by Gasteiger charge is -2.08. The highest BCUT2D eigenvalue weighted by Gasteiger charge is 2.27. The molecule has 0 aliphatic carbocycles. The molecule has 1 heterocycles. The van der Waals surface area contributed by atoms with E-state index < -0.39 is 18.0 Å². The lowest BCUT2D eigenvalue weighted by molar-refractivity contribution is -0.151. The van der Waals surface area contributed by atoms with Crippen molar-refractivity contribution in [3.8, 4) is 0 Å². The number of carbonyl (C=O) groups is 2. The summed E-state index contributed by atoms with van der Waals surface area (Å²) < 4.78 is 10.1. The number of halogens is 2. The Morgan fingerprint density at radius 2 is 2.20 bits per heavy atom. The fourth-order valence-electron chi connectivity index (χ4n) is 1.77. The summed E-state index contributed by atoms with van der Waals surface area (Å²) in [7, 11) is 0. The average molecular weight is 315 g/mol. The second-order valence-corrected chi connectivity index (χ2v) is 4.97. The van der Waals surface area contributed by atoms with Crippen molar-refractivity contribution in [2.45, 2.75) is 12.5 Å². The summed E-state index contributed by atoms with van der Waals surface area (Å²) in [6.45, 7) is -0.00840. The maximum Gasteiger partial charge on any atom is 0.339 e. The predicted octanol–water partition coefficient (Wildman–Crippen LogP) is 2.82. The summed E-state index contributed by atoms with van der Waals surface area (Å²) >= 11 is 11.3. The van der Waals surface area contributed by atoms with Crippen molar-refractivity contribution in [1.29, 1.82) is 0 Å². The minimum Gasteiger partial charge on any atom is -0.461 e. The molecule has 0 radical (unpaired) electrons. The quantitative estimate of drug-likeness (QED) is 0.619. The van der Waals surface area contributed by atoms with Gasteiger partial charge in [-0.15, -0.1) is 11.6 Å². The Hall–Kier alpha value is -1.52. The van der Waals surface area contributed by atoms with Gasteiger partial charge in [-0.1, -0.05) is 23.7 Å².